The Balaban J connectivity index is 1.53. The normalized spacial score (nSPS) is 10.2. The second-order valence-electron chi connectivity index (χ2n) is 5.51. The summed E-state index contributed by atoms with van der Waals surface area (Å²) in [6, 6.07) is 10.4. The minimum Gasteiger partial charge on any atom is -0.348 e. The van der Waals surface area contributed by atoms with Gasteiger partial charge in [0.2, 0.25) is 0 Å². The average molecular weight is 347 g/mol. The van der Waals surface area contributed by atoms with Gasteiger partial charge in [0.05, 0.1) is 5.56 Å². The predicted molar refractivity (Wildman–Crippen MR) is 95.1 cm³/mol. The molecule has 0 aliphatic carbocycles. The van der Waals surface area contributed by atoms with Crippen LogP contribution in [0.25, 0.3) is 0 Å². The van der Waals surface area contributed by atoms with Crippen molar-refractivity contribution in [2.75, 3.05) is 0 Å². The van der Waals surface area contributed by atoms with E-state index in [1.165, 1.54) is 12.3 Å². The second-order valence-corrected chi connectivity index (χ2v) is 5.51. The summed E-state index contributed by atoms with van der Waals surface area (Å²) in [4.78, 5) is 36.2. The number of aromatic nitrogens is 3. The molecule has 3 aromatic heterocycles. The van der Waals surface area contributed by atoms with Gasteiger partial charge >= 0.3 is 0 Å². The van der Waals surface area contributed by atoms with Crippen molar-refractivity contribution in [3.63, 3.8) is 0 Å². The van der Waals surface area contributed by atoms with Gasteiger partial charge in [-0.3, -0.25) is 24.5 Å². The first kappa shape index (κ1) is 17.2. The van der Waals surface area contributed by atoms with Crippen LogP contribution in [0.1, 0.15) is 32.0 Å². The topological polar surface area (TPSA) is 96.9 Å². The molecule has 0 aliphatic rings. The van der Waals surface area contributed by atoms with E-state index in [4.69, 9.17) is 0 Å². The van der Waals surface area contributed by atoms with Crippen LogP contribution in [0.4, 0.5) is 0 Å². The van der Waals surface area contributed by atoms with Crippen LogP contribution in [-0.4, -0.2) is 26.8 Å². The summed E-state index contributed by atoms with van der Waals surface area (Å²) in [5.74, 6) is -0.552. The summed E-state index contributed by atoms with van der Waals surface area (Å²) in [5, 5.41) is 5.57. The number of hydrogen-bond donors (Lipinski definition) is 2. The van der Waals surface area contributed by atoms with Gasteiger partial charge < -0.3 is 10.6 Å². The molecule has 0 radical (unpaired) electrons. The van der Waals surface area contributed by atoms with E-state index in [0.29, 0.717) is 18.7 Å². The minimum absolute atomic E-state index is 0.252. The first-order valence-electron chi connectivity index (χ1n) is 8.02. The monoisotopic (exact) mass is 347 g/mol. The number of carbonyl (C=O) groups is 2. The molecule has 3 heterocycles. The van der Waals surface area contributed by atoms with E-state index in [2.05, 4.69) is 25.6 Å². The molecule has 26 heavy (non-hydrogen) atoms. The highest BCUT2D eigenvalue weighted by atomic mass is 16.2. The van der Waals surface area contributed by atoms with E-state index < -0.39 is 0 Å². The summed E-state index contributed by atoms with van der Waals surface area (Å²) in [7, 11) is 0. The molecule has 3 rings (SSSR count). The largest absolute Gasteiger partial charge is 0.348 e. The zero-order valence-corrected chi connectivity index (χ0v) is 13.9. The first-order chi connectivity index (χ1) is 12.7. The number of amides is 2. The quantitative estimate of drug-likeness (QED) is 0.708. The van der Waals surface area contributed by atoms with Gasteiger partial charge in [-0.2, -0.15) is 0 Å². The fraction of sp³-hybridized carbons (Fsp3) is 0.105. The summed E-state index contributed by atoms with van der Waals surface area (Å²) in [6.45, 7) is 0.784. The molecule has 7 nitrogen and oxygen atoms in total. The van der Waals surface area contributed by atoms with E-state index >= 15 is 0 Å². The number of carbonyl (C=O) groups excluding carboxylic acids is 2. The van der Waals surface area contributed by atoms with Gasteiger partial charge in [0.15, 0.2) is 0 Å². The minimum atomic E-state index is -0.300. The summed E-state index contributed by atoms with van der Waals surface area (Å²) in [5.41, 5.74) is 2.54. The van der Waals surface area contributed by atoms with Gasteiger partial charge in [-0.25, -0.2) is 0 Å². The summed E-state index contributed by atoms with van der Waals surface area (Å²) >= 11 is 0. The maximum absolute atomic E-state index is 12.1. The van der Waals surface area contributed by atoms with E-state index in [0.717, 1.165) is 11.1 Å². The highest BCUT2D eigenvalue weighted by molar-refractivity contribution is 5.96. The maximum atomic E-state index is 12.1. The molecule has 2 N–H and O–H groups in total. The van der Waals surface area contributed by atoms with Crippen molar-refractivity contribution in [3.8, 4) is 0 Å². The Labute approximate surface area is 150 Å². The molecule has 0 aromatic carbocycles. The molecule has 0 aliphatic heterocycles. The Morgan fingerprint density at radius 2 is 1.27 bits per heavy atom. The molecule has 0 saturated carbocycles. The van der Waals surface area contributed by atoms with Crippen molar-refractivity contribution in [3.05, 3.63) is 89.8 Å². The van der Waals surface area contributed by atoms with Gasteiger partial charge in [0.25, 0.3) is 11.8 Å². The van der Waals surface area contributed by atoms with Crippen LogP contribution in [0.15, 0.2) is 67.4 Å². The number of rotatable bonds is 6. The molecule has 3 aromatic rings. The van der Waals surface area contributed by atoms with E-state index in [-0.39, 0.29) is 17.5 Å². The maximum Gasteiger partial charge on any atom is 0.270 e. The fourth-order valence-electron chi connectivity index (χ4n) is 2.22. The van der Waals surface area contributed by atoms with E-state index in [1.54, 1.807) is 30.9 Å². The highest BCUT2D eigenvalue weighted by Gasteiger charge is 2.10. The Morgan fingerprint density at radius 1 is 0.731 bits per heavy atom. The lowest BCUT2D eigenvalue weighted by Crippen LogP contribution is -2.25. The number of pyridine rings is 3. The van der Waals surface area contributed by atoms with Gasteiger partial charge in [0.1, 0.15) is 5.69 Å². The highest BCUT2D eigenvalue weighted by Crippen LogP contribution is 2.03. The van der Waals surface area contributed by atoms with Crippen molar-refractivity contribution in [2.24, 2.45) is 0 Å². The van der Waals surface area contributed by atoms with Crippen molar-refractivity contribution in [2.45, 2.75) is 13.1 Å². The Kier molecular flexibility index (Phi) is 5.61. The predicted octanol–water partition coefficient (Wildman–Crippen LogP) is 1.73. The molecule has 0 bridgehead atoms. The van der Waals surface area contributed by atoms with Crippen molar-refractivity contribution in [1.29, 1.82) is 0 Å². The van der Waals surface area contributed by atoms with Crippen LogP contribution in [0, 0.1) is 0 Å². The van der Waals surface area contributed by atoms with Gasteiger partial charge in [0, 0.05) is 44.1 Å². The third kappa shape index (κ3) is 4.70. The Morgan fingerprint density at radius 3 is 1.77 bits per heavy atom. The lowest BCUT2D eigenvalue weighted by molar-refractivity contribution is 0.0935. The van der Waals surface area contributed by atoms with Crippen molar-refractivity contribution in [1.82, 2.24) is 25.6 Å². The van der Waals surface area contributed by atoms with Crippen LogP contribution in [0.3, 0.4) is 0 Å². The summed E-state index contributed by atoms with van der Waals surface area (Å²) < 4.78 is 0. The molecule has 2 amide bonds. The number of nitrogens with zero attached hydrogens (tertiary/aromatic N) is 3. The van der Waals surface area contributed by atoms with Crippen LogP contribution in [0.5, 0.6) is 0 Å². The van der Waals surface area contributed by atoms with Gasteiger partial charge in [-0.1, -0.05) is 0 Å². The Hall–Kier alpha value is -3.61. The first-order valence-corrected chi connectivity index (χ1v) is 8.02. The zero-order valence-electron chi connectivity index (χ0n) is 13.9. The van der Waals surface area contributed by atoms with Gasteiger partial charge in [-0.05, 0) is 47.5 Å². The average Bonchev–Trinajstić information content (AvgIpc) is 2.72. The Bertz CT molecular complexity index is 793. The van der Waals surface area contributed by atoms with Crippen LogP contribution in [0.2, 0.25) is 0 Å². The molecular formula is C19H17N5O2. The third-order valence-electron chi connectivity index (χ3n) is 3.66. The molecular weight excluding hydrogens is 330 g/mol. The smallest absolute Gasteiger partial charge is 0.270 e. The van der Waals surface area contributed by atoms with Crippen LogP contribution in [-0.2, 0) is 13.1 Å². The van der Waals surface area contributed by atoms with Crippen LogP contribution >= 0.6 is 0 Å². The van der Waals surface area contributed by atoms with E-state index in [1.807, 2.05) is 24.3 Å². The molecule has 0 unspecified atom stereocenters. The number of nitrogens with one attached hydrogen (secondary N) is 2. The molecule has 0 atom stereocenters. The molecule has 130 valence electrons. The standard InChI is InChI=1S/C19H17N5O2/c25-18(23-11-14-3-7-20-8-4-14)16-1-2-17(22-13-16)19(26)24-12-15-5-9-21-10-6-15/h1-10,13H,11-12H2,(H,23,25)(H,24,26). The van der Waals surface area contributed by atoms with Crippen LogP contribution < -0.4 is 10.6 Å². The third-order valence-corrected chi connectivity index (χ3v) is 3.66. The molecule has 7 heteroatoms. The van der Waals surface area contributed by atoms with Crippen molar-refractivity contribution < 1.29 is 9.59 Å². The summed E-state index contributed by atoms with van der Waals surface area (Å²) in [6.07, 6.45) is 8.06. The molecule has 0 fully saturated rings. The molecule has 0 spiro atoms. The van der Waals surface area contributed by atoms with E-state index in [9.17, 15) is 9.59 Å². The lowest BCUT2D eigenvalue weighted by Gasteiger charge is -2.07. The molecule has 0 saturated heterocycles. The van der Waals surface area contributed by atoms with Crippen molar-refractivity contribution >= 4 is 11.8 Å². The lowest BCUT2D eigenvalue weighted by atomic mass is 10.2. The SMILES string of the molecule is O=C(NCc1ccncc1)c1ccc(C(=O)NCc2ccncc2)nc1. The number of hydrogen-bond acceptors (Lipinski definition) is 5. The zero-order chi connectivity index (χ0) is 18.2. The fourth-order valence-corrected chi connectivity index (χ4v) is 2.22. The van der Waals surface area contributed by atoms with Gasteiger partial charge in [-0.15, -0.1) is 0 Å². The second kappa shape index (κ2) is 8.48.